The van der Waals surface area contributed by atoms with Crippen LogP contribution in [0.3, 0.4) is 0 Å². The molecule has 4 nitrogen and oxygen atoms in total. The quantitative estimate of drug-likeness (QED) is 0.727. The second kappa shape index (κ2) is 8.78. The van der Waals surface area contributed by atoms with Crippen LogP contribution in [-0.2, 0) is 9.05 Å². The lowest BCUT2D eigenvalue weighted by atomic mass is 10.3. The molecule has 0 aliphatic carbocycles. The average Bonchev–Trinajstić information content (AvgIpc) is 2.06. The van der Waals surface area contributed by atoms with Crippen LogP contribution in [0.2, 0.25) is 0 Å². The predicted octanol–water partition coefficient (Wildman–Crippen LogP) is 1.04. The summed E-state index contributed by atoms with van der Waals surface area (Å²) in [6.07, 6.45) is 0.634. The summed E-state index contributed by atoms with van der Waals surface area (Å²) >= 11 is 0. The first-order valence-electron chi connectivity index (χ1n) is 4.80. The molecule has 0 aromatic heterocycles. The van der Waals surface area contributed by atoms with Crippen LogP contribution in [0.4, 0.5) is 0 Å². The molecule has 8 heteroatoms. The van der Waals surface area contributed by atoms with Crippen LogP contribution in [0.15, 0.2) is 0 Å². The van der Waals surface area contributed by atoms with Crippen molar-refractivity contribution in [1.82, 2.24) is 9.80 Å². The molecule has 1 saturated heterocycles. The fourth-order valence-electron chi connectivity index (χ4n) is 1.53. The zero-order valence-electron chi connectivity index (χ0n) is 9.26. The molecule has 0 aromatic rings. The first-order valence-corrected chi connectivity index (χ1v) is 7.28. The molecule has 1 aliphatic rings. The second-order valence-electron chi connectivity index (χ2n) is 3.74. The summed E-state index contributed by atoms with van der Waals surface area (Å²) in [5, 5.41) is 0. The maximum atomic E-state index is 10.7. The third-order valence-electron chi connectivity index (χ3n) is 2.46. The van der Waals surface area contributed by atoms with Gasteiger partial charge in [-0.25, -0.2) is 8.42 Å². The third kappa shape index (κ3) is 8.84. The Morgan fingerprint density at radius 2 is 1.62 bits per heavy atom. The molecule has 1 fully saturated rings. The summed E-state index contributed by atoms with van der Waals surface area (Å²) < 4.78 is 21.3. The van der Waals surface area contributed by atoms with Gasteiger partial charge in [0.05, 0.1) is 5.75 Å². The Kier molecular flexibility index (Phi) is 10.5. The highest BCUT2D eigenvalue weighted by Gasteiger charge is 2.14. The Labute approximate surface area is 115 Å². The van der Waals surface area contributed by atoms with E-state index in [0.29, 0.717) is 6.42 Å². The molecule has 0 saturated carbocycles. The van der Waals surface area contributed by atoms with Crippen LogP contribution in [0.25, 0.3) is 0 Å². The molecule has 0 spiro atoms. The summed E-state index contributed by atoms with van der Waals surface area (Å²) in [6.45, 7) is 5.01. The molecule has 1 heterocycles. The molecule has 0 atom stereocenters. The lowest BCUT2D eigenvalue weighted by Gasteiger charge is -2.32. The van der Waals surface area contributed by atoms with Gasteiger partial charge < -0.3 is 9.80 Å². The van der Waals surface area contributed by atoms with Gasteiger partial charge in [0.2, 0.25) is 9.05 Å². The Morgan fingerprint density at radius 1 is 1.12 bits per heavy atom. The van der Waals surface area contributed by atoms with Gasteiger partial charge in [0.1, 0.15) is 0 Å². The summed E-state index contributed by atoms with van der Waals surface area (Å²) in [4.78, 5) is 4.55. The molecule has 1 aliphatic heterocycles. The van der Waals surface area contributed by atoms with Crippen molar-refractivity contribution >= 4 is 44.5 Å². The molecular weight excluding hydrogens is 295 g/mol. The molecule has 0 radical (unpaired) electrons. The highest BCUT2D eigenvalue weighted by molar-refractivity contribution is 8.13. The topological polar surface area (TPSA) is 40.6 Å². The number of hydrogen-bond donors (Lipinski definition) is 0. The van der Waals surface area contributed by atoms with E-state index in [1.54, 1.807) is 0 Å². The van der Waals surface area contributed by atoms with Crippen molar-refractivity contribution in [3.63, 3.8) is 0 Å². The van der Waals surface area contributed by atoms with Gasteiger partial charge in [-0.2, -0.15) is 0 Å². The van der Waals surface area contributed by atoms with Crippen LogP contribution in [-0.4, -0.2) is 63.7 Å². The van der Waals surface area contributed by atoms with E-state index in [1.165, 1.54) is 0 Å². The van der Waals surface area contributed by atoms with Gasteiger partial charge in [0.25, 0.3) is 0 Å². The van der Waals surface area contributed by atoms with Crippen molar-refractivity contribution < 1.29 is 8.42 Å². The number of likely N-dealkylation sites (N-methyl/N-ethyl adjacent to an activating group) is 1. The van der Waals surface area contributed by atoms with Crippen molar-refractivity contribution in [2.24, 2.45) is 0 Å². The van der Waals surface area contributed by atoms with Crippen LogP contribution in [0, 0.1) is 0 Å². The van der Waals surface area contributed by atoms with Crippen LogP contribution < -0.4 is 0 Å². The van der Waals surface area contributed by atoms with Crippen LogP contribution in [0.1, 0.15) is 6.42 Å². The van der Waals surface area contributed by atoms with Crippen LogP contribution >= 0.6 is 35.5 Å². The maximum Gasteiger partial charge on any atom is 0.232 e. The van der Waals surface area contributed by atoms with E-state index in [9.17, 15) is 8.42 Å². The zero-order chi connectivity index (χ0) is 10.6. The van der Waals surface area contributed by atoms with Crippen molar-refractivity contribution in [1.29, 1.82) is 0 Å². The van der Waals surface area contributed by atoms with Gasteiger partial charge in [-0.15, -0.1) is 24.8 Å². The van der Waals surface area contributed by atoms with E-state index >= 15 is 0 Å². The highest BCUT2D eigenvalue weighted by Crippen LogP contribution is 2.03. The Hall–Kier alpha value is 0.740. The molecule has 0 N–H and O–H groups in total. The minimum atomic E-state index is -3.30. The molecule has 0 amide bonds. The first-order chi connectivity index (χ1) is 6.47. The smallest absolute Gasteiger partial charge is 0.232 e. The van der Waals surface area contributed by atoms with Gasteiger partial charge in [-0.1, -0.05) is 0 Å². The fraction of sp³-hybridized carbons (Fsp3) is 1.00. The van der Waals surface area contributed by atoms with Crippen molar-refractivity contribution in [2.45, 2.75) is 6.42 Å². The van der Waals surface area contributed by atoms with Gasteiger partial charge >= 0.3 is 0 Å². The zero-order valence-corrected chi connectivity index (χ0v) is 12.5. The minimum Gasteiger partial charge on any atom is -0.304 e. The number of nitrogens with zero attached hydrogens (tertiary/aromatic N) is 2. The van der Waals surface area contributed by atoms with Gasteiger partial charge in [0, 0.05) is 36.9 Å². The molecular formula is C8H19Cl3N2O2S. The van der Waals surface area contributed by atoms with E-state index < -0.39 is 9.05 Å². The molecule has 16 heavy (non-hydrogen) atoms. The van der Waals surface area contributed by atoms with Gasteiger partial charge in [-0.05, 0) is 20.0 Å². The number of piperazine rings is 1. The largest absolute Gasteiger partial charge is 0.304 e. The number of rotatable bonds is 4. The molecule has 0 aromatic carbocycles. The summed E-state index contributed by atoms with van der Waals surface area (Å²) in [5.74, 6) is 0.0842. The standard InChI is InChI=1S/C8H17ClN2O2S.2ClH/c1-10-4-6-11(7-5-10)3-2-8-14(9,12)13;;/h2-8H2,1H3;2*1H. The number of hydrogen-bond acceptors (Lipinski definition) is 4. The first kappa shape index (κ1) is 19.1. The number of halogens is 3. The molecule has 1 rings (SSSR count). The minimum absolute atomic E-state index is 0. The lowest BCUT2D eigenvalue weighted by Crippen LogP contribution is -2.44. The van der Waals surface area contributed by atoms with E-state index in [-0.39, 0.29) is 30.6 Å². The Bertz CT molecular complexity index is 266. The van der Waals surface area contributed by atoms with E-state index in [2.05, 4.69) is 16.8 Å². The summed E-state index contributed by atoms with van der Waals surface area (Å²) in [7, 11) is 3.92. The van der Waals surface area contributed by atoms with Crippen molar-refractivity contribution in [3.8, 4) is 0 Å². The summed E-state index contributed by atoms with van der Waals surface area (Å²) in [6, 6.07) is 0. The second-order valence-corrected chi connectivity index (χ2v) is 6.64. The van der Waals surface area contributed by atoms with Crippen LogP contribution in [0.5, 0.6) is 0 Å². The van der Waals surface area contributed by atoms with Crippen molar-refractivity contribution in [3.05, 3.63) is 0 Å². The normalized spacial score (nSPS) is 18.6. The third-order valence-corrected chi connectivity index (χ3v) is 3.70. The molecule has 0 unspecified atom stereocenters. The van der Waals surface area contributed by atoms with Gasteiger partial charge in [-0.3, -0.25) is 0 Å². The molecule has 100 valence electrons. The molecule has 0 bridgehead atoms. The predicted molar refractivity (Wildman–Crippen MR) is 72.7 cm³/mol. The summed E-state index contributed by atoms with van der Waals surface area (Å²) in [5.41, 5.74) is 0. The highest BCUT2D eigenvalue weighted by atomic mass is 35.7. The van der Waals surface area contributed by atoms with Gasteiger partial charge in [0.15, 0.2) is 0 Å². The van der Waals surface area contributed by atoms with E-state index in [4.69, 9.17) is 10.7 Å². The lowest BCUT2D eigenvalue weighted by molar-refractivity contribution is 0.154. The SMILES string of the molecule is CN1CCN(CCCS(=O)(=O)Cl)CC1.Cl.Cl. The van der Waals surface area contributed by atoms with E-state index in [1.807, 2.05) is 0 Å². The fourth-order valence-corrected chi connectivity index (χ4v) is 2.33. The van der Waals surface area contributed by atoms with Crippen molar-refractivity contribution in [2.75, 3.05) is 45.5 Å². The Balaban J connectivity index is 0. The average molecular weight is 314 g/mol. The maximum absolute atomic E-state index is 10.7. The monoisotopic (exact) mass is 312 g/mol. The Morgan fingerprint density at radius 3 is 2.06 bits per heavy atom. The van der Waals surface area contributed by atoms with E-state index in [0.717, 1.165) is 32.7 Å².